The van der Waals surface area contributed by atoms with E-state index < -0.39 is 0 Å². The number of hydrogen-bond donors (Lipinski definition) is 2. The summed E-state index contributed by atoms with van der Waals surface area (Å²) in [6.45, 7) is 6.18. The molecule has 0 fully saturated rings. The quantitative estimate of drug-likeness (QED) is 0.345. The minimum Gasteiger partial charge on any atom is -0.409 e. The van der Waals surface area contributed by atoms with E-state index in [4.69, 9.17) is 10.9 Å². The number of ketones is 1. The van der Waals surface area contributed by atoms with E-state index in [1.165, 1.54) is 0 Å². The van der Waals surface area contributed by atoms with Gasteiger partial charge < -0.3 is 10.9 Å². The van der Waals surface area contributed by atoms with Crippen LogP contribution in [0.5, 0.6) is 0 Å². The number of fused-ring (bicyclic) bond motifs is 1. The first-order chi connectivity index (χ1) is 8.36. The molecule has 1 aromatic carbocycles. The molecule has 1 aliphatic rings. The average molecular weight is 246 g/mol. The average Bonchev–Trinajstić information content (AvgIpc) is 2.66. The number of Topliss-reactive ketones (excluding diaryl/α,β-unsaturated/α-hetero) is 1. The van der Waals surface area contributed by atoms with Gasteiger partial charge in [-0.25, -0.2) is 0 Å². The minimum atomic E-state index is -0.0848. The fourth-order valence-electron chi connectivity index (χ4n) is 2.52. The van der Waals surface area contributed by atoms with Gasteiger partial charge in [-0.3, -0.25) is 4.79 Å². The van der Waals surface area contributed by atoms with Crippen LogP contribution in [-0.2, 0) is 6.42 Å². The first-order valence-corrected chi connectivity index (χ1v) is 6.00. The van der Waals surface area contributed by atoms with Gasteiger partial charge in [0, 0.05) is 17.0 Å². The second-order valence-corrected chi connectivity index (χ2v) is 5.80. The molecule has 0 radical (unpaired) electrons. The van der Waals surface area contributed by atoms with Crippen LogP contribution in [-0.4, -0.2) is 16.8 Å². The van der Waals surface area contributed by atoms with Crippen molar-refractivity contribution in [3.05, 3.63) is 34.9 Å². The number of benzene rings is 1. The highest BCUT2D eigenvalue weighted by molar-refractivity contribution is 6.07. The van der Waals surface area contributed by atoms with Crippen molar-refractivity contribution in [3.8, 4) is 0 Å². The topological polar surface area (TPSA) is 75.7 Å². The minimum absolute atomic E-state index is 0.0415. The van der Waals surface area contributed by atoms with E-state index in [0.29, 0.717) is 17.5 Å². The van der Waals surface area contributed by atoms with Crippen LogP contribution in [0.3, 0.4) is 0 Å². The summed E-state index contributed by atoms with van der Waals surface area (Å²) < 4.78 is 0. The summed E-state index contributed by atoms with van der Waals surface area (Å²) in [7, 11) is 0. The Morgan fingerprint density at radius 2 is 2.11 bits per heavy atom. The molecule has 0 amide bonds. The maximum atomic E-state index is 12.4. The van der Waals surface area contributed by atoms with E-state index in [2.05, 4.69) is 25.9 Å². The molecule has 96 valence electrons. The van der Waals surface area contributed by atoms with Crippen molar-refractivity contribution >= 4 is 11.6 Å². The molecular weight excluding hydrogens is 228 g/mol. The fourth-order valence-corrected chi connectivity index (χ4v) is 2.52. The third-order valence-corrected chi connectivity index (χ3v) is 3.60. The Bertz CT molecular complexity index is 527. The summed E-state index contributed by atoms with van der Waals surface area (Å²) in [6, 6.07) is 5.37. The molecule has 0 saturated heterocycles. The molecule has 1 atom stereocenters. The fraction of sp³-hybridized carbons (Fsp3) is 0.429. The van der Waals surface area contributed by atoms with Crippen molar-refractivity contribution in [3.63, 3.8) is 0 Å². The number of carbonyl (C=O) groups is 1. The number of nitrogens with two attached hydrogens (primary N) is 1. The molecular formula is C14H18N2O2. The first-order valence-electron chi connectivity index (χ1n) is 6.00. The highest BCUT2D eigenvalue weighted by Gasteiger charge is 2.39. The standard InChI is InChI=1S/C14H18N2O2/c1-14(2,3)11-7-10-8(12(11)17)5-4-6-9(10)13(15)16-18/h4-6,11,18H,7H2,1-3H3,(H2,15,16)/t11-/m0/s1. The van der Waals surface area contributed by atoms with Gasteiger partial charge >= 0.3 is 0 Å². The lowest BCUT2D eigenvalue weighted by Gasteiger charge is -2.25. The van der Waals surface area contributed by atoms with Gasteiger partial charge in [-0.1, -0.05) is 44.1 Å². The Balaban J connectivity index is 2.52. The zero-order chi connectivity index (χ0) is 13.5. The van der Waals surface area contributed by atoms with Gasteiger partial charge in [0.05, 0.1) is 0 Å². The van der Waals surface area contributed by atoms with Crippen LogP contribution >= 0.6 is 0 Å². The van der Waals surface area contributed by atoms with Crippen molar-refractivity contribution in [2.24, 2.45) is 22.2 Å². The molecule has 0 saturated carbocycles. The zero-order valence-corrected chi connectivity index (χ0v) is 10.9. The van der Waals surface area contributed by atoms with E-state index in [1.807, 2.05) is 6.07 Å². The lowest BCUT2D eigenvalue weighted by Crippen LogP contribution is -2.25. The van der Waals surface area contributed by atoms with Gasteiger partial charge in [-0.15, -0.1) is 0 Å². The first kappa shape index (κ1) is 12.6. The molecule has 1 aliphatic carbocycles. The molecule has 4 heteroatoms. The maximum absolute atomic E-state index is 12.4. The smallest absolute Gasteiger partial charge is 0.170 e. The monoisotopic (exact) mass is 246 g/mol. The second-order valence-electron chi connectivity index (χ2n) is 5.80. The Labute approximate surface area is 106 Å². The zero-order valence-electron chi connectivity index (χ0n) is 10.9. The molecule has 4 nitrogen and oxygen atoms in total. The van der Waals surface area contributed by atoms with Crippen LogP contribution in [0.25, 0.3) is 0 Å². The number of hydrogen-bond acceptors (Lipinski definition) is 3. The Morgan fingerprint density at radius 3 is 2.67 bits per heavy atom. The maximum Gasteiger partial charge on any atom is 0.170 e. The molecule has 2 rings (SSSR count). The lowest BCUT2D eigenvalue weighted by molar-refractivity contribution is 0.0843. The van der Waals surface area contributed by atoms with E-state index in [0.717, 1.165) is 5.56 Å². The summed E-state index contributed by atoms with van der Waals surface area (Å²) in [6.07, 6.45) is 0.657. The van der Waals surface area contributed by atoms with Crippen LogP contribution in [0.15, 0.2) is 23.4 Å². The SMILES string of the molecule is CC(C)(C)[C@H]1Cc2c(cccc2C(N)=NO)C1=O. The van der Waals surface area contributed by atoms with Gasteiger partial charge in [-0.2, -0.15) is 0 Å². The van der Waals surface area contributed by atoms with E-state index in [9.17, 15) is 4.79 Å². The molecule has 0 heterocycles. The Kier molecular flexibility index (Phi) is 2.89. The van der Waals surface area contributed by atoms with Gasteiger partial charge in [0.2, 0.25) is 0 Å². The number of rotatable bonds is 1. The van der Waals surface area contributed by atoms with Gasteiger partial charge in [-0.05, 0) is 17.4 Å². The summed E-state index contributed by atoms with van der Waals surface area (Å²) in [5.41, 5.74) is 7.84. The van der Waals surface area contributed by atoms with Crippen molar-refractivity contribution < 1.29 is 10.0 Å². The molecule has 18 heavy (non-hydrogen) atoms. The van der Waals surface area contributed by atoms with Gasteiger partial charge in [0.1, 0.15) is 0 Å². The summed E-state index contributed by atoms with van der Waals surface area (Å²) in [5, 5.41) is 11.8. The molecule has 0 aromatic heterocycles. The van der Waals surface area contributed by atoms with Crippen LogP contribution < -0.4 is 5.73 Å². The number of amidine groups is 1. The van der Waals surface area contributed by atoms with Crippen molar-refractivity contribution in [1.82, 2.24) is 0 Å². The van der Waals surface area contributed by atoms with Crippen LogP contribution in [0.4, 0.5) is 0 Å². The normalized spacial score (nSPS) is 20.1. The molecule has 3 N–H and O–H groups in total. The molecule has 0 spiro atoms. The predicted molar refractivity (Wildman–Crippen MR) is 69.9 cm³/mol. The molecule has 0 aliphatic heterocycles. The predicted octanol–water partition coefficient (Wildman–Crippen LogP) is 2.18. The Hall–Kier alpha value is -1.84. The number of oxime groups is 1. The highest BCUT2D eigenvalue weighted by Crippen LogP contribution is 2.39. The van der Waals surface area contributed by atoms with Crippen molar-refractivity contribution in [1.29, 1.82) is 0 Å². The van der Waals surface area contributed by atoms with Gasteiger partial charge in [0.15, 0.2) is 11.6 Å². The van der Waals surface area contributed by atoms with Crippen molar-refractivity contribution in [2.45, 2.75) is 27.2 Å². The summed E-state index contributed by atoms with van der Waals surface area (Å²) in [4.78, 5) is 12.4. The second kappa shape index (κ2) is 4.12. The number of carbonyl (C=O) groups excluding carboxylic acids is 1. The van der Waals surface area contributed by atoms with E-state index in [1.54, 1.807) is 12.1 Å². The molecule has 0 unspecified atom stereocenters. The number of nitrogens with zero attached hydrogens (tertiary/aromatic N) is 1. The summed E-state index contributed by atoms with van der Waals surface area (Å²) >= 11 is 0. The van der Waals surface area contributed by atoms with E-state index >= 15 is 0 Å². The molecule has 1 aromatic rings. The highest BCUT2D eigenvalue weighted by atomic mass is 16.4. The summed E-state index contributed by atoms with van der Waals surface area (Å²) in [5.74, 6) is 0.180. The van der Waals surface area contributed by atoms with Crippen molar-refractivity contribution in [2.75, 3.05) is 0 Å². The van der Waals surface area contributed by atoms with E-state index in [-0.39, 0.29) is 23.0 Å². The third-order valence-electron chi connectivity index (χ3n) is 3.60. The lowest BCUT2D eigenvalue weighted by atomic mass is 9.78. The Morgan fingerprint density at radius 1 is 1.44 bits per heavy atom. The largest absolute Gasteiger partial charge is 0.409 e. The van der Waals surface area contributed by atoms with Crippen LogP contribution in [0, 0.1) is 11.3 Å². The molecule has 0 bridgehead atoms. The van der Waals surface area contributed by atoms with Crippen LogP contribution in [0.2, 0.25) is 0 Å². The van der Waals surface area contributed by atoms with Crippen LogP contribution in [0.1, 0.15) is 42.3 Å². The van der Waals surface area contributed by atoms with Gasteiger partial charge in [0.25, 0.3) is 0 Å². The third kappa shape index (κ3) is 1.88.